The maximum Gasteiger partial charge on any atom is 0.256 e. The molecule has 0 saturated carbocycles. The van der Waals surface area contributed by atoms with Crippen molar-refractivity contribution < 1.29 is 4.79 Å². The quantitative estimate of drug-likeness (QED) is 0.847. The van der Waals surface area contributed by atoms with Crippen molar-refractivity contribution in [3.05, 3.63) is 52.4 Å². The number of thiophene rings is 1. The summed E-state index contributed by atoms with van der Waals surface area (Å²) in [6.07, 6.45) is 3.56. The number of aryl methyl sites for hydroxylation is 1. The molecular formula is C20H26N2OS. The lowest BCUT2D eigenvalue weighted by Crippen LogP contribution is -2.32. The minimum Gasteiger partial charge on any atom is -0.313 e. The van der Waals surface area contributed by atoms with Crippen molar-refractivity contribution in [2.45, 2.75) is 39.7 Å². The Hall–Kier alpha value is -1.65. The second kappa shape index (κ2) is 7.95. The van der Waals surface area contributed by atoms with E-state index in [0.717, 1.165) is 37.0 Å². The highest BCUT2D eigenvalue weighted by atomic mass is 32.1. The number of anilines is 1. The Morgan fingerprint density at radius 2 is 1.96 bits per heavy atom. The van der Waals surface area contributed by atoms with E-state index in [9.17, 15) is 4.79 Å². The molecule has 3 rings (SSSR count). The molecule has 1 aliphatic rings. The number of nitrogens with zero attached hydrogens (tertiary/aromatic N) is 1. The summed E-state index contributed by atoms with van der Waals surface area (Å²) in [4.78, 5) is 16.3. The fourth-order valence-corrected chi connectivity index (χ4v) is 4.12. The van der Waals surface area contributed by atoms with Crippen LogP contribution in [0.3, 0.4) is 0 Å². The molecule has 2 heterocycles. The fourth-order valence-electron chi connectivity index (χ4n) is 3.11. The lowest BCUT2D eigenvalue weighted by atomic mass is 9.99. The molecule has 1 aromatic heterocycles. The fraction of sp³-hybridized carbons (Fsp3) is 0.450. The van der Waals surface area contributed by atoms with Crippen molar-refractivity contribution in [2.75, 3.05) is 18.4 Å². The Morgan fingerprint density at radius 1 is 1.25 bits per heavy atom. The third kappa shape index (κ3) is 4.25. The van der Waals surface area contributed by atoms with E-state index in [1.807, 2.05) is 30.3 Å². The van der Waals surface area contributed by atoms with Gasteiger partial charge in [0, 0.05) is 22.5 Å². The van der Waals surface area contributed by atoms with E-state index < -0.39 is 0 Å². The summed E-state index contributed by atoms with van der Waals surface area (Å²) in [5.41, 5.74) is 1.97. The van der Waals surface area contributed by atoms with Crippen LogP contribution in [0, 0.1) is 5.92 Å². The van der Waals surface area contributed by atoms with Crippen LogP contribution < -0.4 is 5.32 Å². The molecule has 4 heteroatoms. The summed E-state index contributed by atoms with van der Waals surface area (Å²) in [5.74, 6) is 0.820. The molecule has 3 nitrogen and oxygen atoms in total. The van der Waals surface area contributed by atoms with Gasteiger partial charge < -0.3 is 5.32 Å². The minimum atomic E-state index is -0.0198. The van der Waals surface area contributed by atoms with E-state index >= 15 is 0 Å². The van der Waals surface area contributed by atoms with Crippen LogP contribution in [-0.4, -0.2) is 23.9 Å². The van der Waals surface area contributed by atoms with Crippen molar-refractivity contribution in [3.8, 4) is 0 Å². The predicted molar refractivity (Wildman–Crippen MR) is 102 cm³/mol. The van der Waals surface area contributed by atoms with Crippen LogP contribution in [0.4, 0.5) is 5.00 Å². The number of nitrogens with one attached hydrogen (secondary N) is 1. The second-order valence-corrected chi connectivity index (χ2v) is 7.84. The Labute approximate surface area is 148 Å². The number of amides is 1. The van der Waals surface area contributed by atoms with Gasteiger partial charge in [-0.3, -0.25) is 9.69 Å². The second-order valence-electron chi connectivity index (χ2n) is 6.70. The van der Waals surface area contributed by atoms with Gasteiger partial charge in [0.1, 0.15) is 0 Å². The van der Waals surface area contributed by atoms with Gasteiger partial charge in [-0.1, -0.05) is 32.0 Å². The predicted octanol–water partition coefficient (Wildman–Crippen LogP) is 4.79. The maximum atomic E-state index is 12.5. The van der Waals surface area contributed by atoms with Crippen molar-refractivity contribution in [1.82, 2.24) is 4.90 Å². The van der Waals surface area contributed by atoms with Gasteiger partial charge in [0.2, 0.25) is 0 Å². The van der Waals surface area contributed by atoms with E-state index in [1.165, 1.54) is 23.3 Å². The molecule has 2 aromatic rings. The third-order valence-electron chi connectivity index (χ3n) is 4.74. The third-order valence-corrected chi connectivity index (χ3v) is 5.98. The Kier molecular flexibility index (Phi) is 5.69. The van der Waals surface area contributed by atoms with Crippen LogP contribution in [-0.2, 0) is 13.0 Å². The van der Waals surface area contributed by atoms with E-state index in [4.69, 9.17) is 0 Å². The number of carbonyl (C=O) groups excluding carboxylic acids is 1. The molecule has 0 aliphatic carbocycles. The molecule has 0 radical (unpaired) electrons. The van der Waals surface area contributed by atoms with Crippen LogP contribution in [0.5, 0.6) is 0 Å². The zero-order valence-corrected chi connectivity index (χ0v) is 15.4. The van der Waals surface area contributed by atoms with E-state index in [1.54, 1.807) is 11.3 Å². The molecular weight excluding hydrogens is 316 g/mol. The summed E-state index contributed by atoms with van der Waals surface area (Å²) < 4.78 is 0. The molecule has 1 amide bonds. The molecule has 1 saturated heterocycles. The average Bonchev–Trinajstić information content (AvgIpc) is 2.99. The molecule has 1 aromatic carbocycles. The summed E-state index contributed by atoms with van der Waals surface area (Å²) in [7, 11) is 0. The average molecular weight is 343 g/mol. The summed E-state index contributed by atoms with van der Waals surface area (Å²) in [6, 6.07) is 11.7. The lowest BCUT2D eigenvalue weighted by molar-refractivity contribution is 0.102. The highest BCUT2D eigenvalue weighted by Gasteiger charge is 2.19. The summed E-state index contributed by atoms with van der Waals surface area (Å²) in [6.45, 7) is 7.76. The number of benzene rings is 1. The van der Waals surface area contributed by atoms with Crippen LogP contribution in [0.1, 0.15) is 47.5 Å². The summed E-state index contributed by atoms with van der Waals surface area (Å²) >= 11 is 1.71. The zero-order valence-electron chi connectivity index (χ0n) is 14.5. The van der Waals surface area contributed by atoms with E-state index in [2.05, 4.69) is 30.1 Å². The van der Waals surface area contributed by atoms with Gasteiger partial charge in [0.15, 0.2) is 0 Å². The molecule has 0 unspecified atom stereocenters. The number of rotatable bonds is 5. The lowest BCUT2D eigenvalue weighted by Gasteiger charge is -2.30. The molecule has 0 spiro atoms. The first-order chi connectivity index (χ1) is 11.7. The molecule has 0 atom stereocenters. The van der Waals surface area contributed by atoms with Gasteiger partial charge in [-0.15, -0.1) is 11.3 Å². The molecule has 1 N–H and O–H groups in total. The first-order valence-electron chi connectivity index (χ1n) is 8.86. The monoisotopic (exact) mass is 342 g/mol. The standard InChI is InChI=1S/C20H26N2OS/c1-3-18-13-17(14-22-11-9-15(2)10-12-22)20(24-18)21-19(23)16-7-5-4-6-8-16/h4-8,13,15H,3,9-12,14H2,1-2H3,(H,21,23). The van der Waals surface area contributed by atoms with Gasteiger partial charge in [-0.2, -0.15) is 0 Å². The smallest absolute Gasteiger partial charge is 0.256 e. The van der Waals surface area contributed by atoms with Crippen molar-refractivity contribution in [3.63, 3.8) is 0 Å². The van der Waals surface area contributed by atoms with Gasteiger partial charge in [0.05, 0.1) is 5.00 Å². The van der Waals surface area contributed by atoms with E-state index in [-0.39, 0.29) is 5.91 Å². The molecule has 24 heavy (non-hydrogen) atoms. The van der Waals surface area contributed by atoms with Gasteiger partial charge in [0.25, 0.3) is 5.91 Å². The van der Waals surface area contributed by atoms with Crippen molar-refractivity contribution >= 4 is 22.2 Å². The Bertz CT molecular complexity index is 672. The van der Waals surface area contributed by atoms with Crippen LogP contribution in [0.2, 0.25) is 0 Å². The number of carbonyl (C=O) groups is 1. The Balaban J connectivity index is 1.72. The van der Waals surface area contributed by atoms with Gasteiger partial charge in [-0.05, 0) is 56.5 Å². The Morgan fingerprint density at radius 3 is 2.62 bits per heavy atom. The maximum absolute atomic E-state index is 12.5. The van der Waals surface area contributed by atoms with Gasteiger partial charge in [-0.25, -0.2) is 0 Å². The number of hydrogen-bond acceptors (Lipinski definition) is 3. The van der Waals surface area contributed by atoms with Crippen molar-refractivity contribution in [1.29, 1.82) is 0 Å². The van der Waals surface area contributed by atoms with Crippen LogP contribution >= 0.6 is 11.3 Å². The molecule has 128 valence electrons. The highest BCUT2D eigenvalue weighted by Crippen LogP contribution is 2.31. The largest absolute Gasteiger partial charge is 0.313 e. The van der Waals surface area contributed by atoms with Crippen molar-refractivity contribution in [2.24, 2.45) is 5.92 Å². The van der Waals surface area contributed by atoms with Gasteiger partial charge >= 0.3 is 0 Å². The molecule has 1 aliphatic heterocycles. The summed E-state index contributed by atoms with van der Waals surface area (Å²) in [5, 5.41) is 4.15. The number of likely N-dealkylation sites (tertiary alicyclic amines) is 1. The van der Waals surface area contributed by atoms with E-state index in [0.29, 0.717) is 5.56 Å². The number of piperidine rings is 1. The highest BCUT2D eigenvalue weighted by molar-refractivity contribution is 7.16. The first-order valence-corrected chi connectivity index (χ1v) is 9.67. The topological polar surface area (TPSA) is 32.3 Å². The molecule has 1 fully saturated rings. The van der Waals surface area contributed by atoms with Crippen LogP contribution in [0.15, 0.2) is 36.4 Å². The zero-order chi connectivity index (χ0) is 16.9. The minimum absolute atomic E-state index is 0.0198. The van der Waals surface area contributed by atoms with Crippen LogP contribution in [0.25, 0.3) is 0 Å². The normalized spacial score (nSPS) is 16.2. The SMILES string of the molecule is CCc1cc(CN2CCC(C)CC2)c(NC(=O)c2ccccc2)s1. The number of hydrogen-bond donors (Lipinski definition) is 1. The molecule has 0 bridgehead atoms. The first kappa shape index (κ1) is 17.2.